The van der Waals surface area contributed by atoms with Gasteiger partial charge in [0.15, 0.2) is 0 Å². The highest BCUT2D eigenvalue weighted by atomic mass is 35.5. The molecule has 0 aromatic heterocycles. The number of halogens is 3. The predicted molar refractivity (Wildman–Crippen MR) is 102 cm³/mol. The second kappa shape index (κ2) is 8.31. The van der Waals surface area contributed by atoms with E-state index in [0.29, 0.717) is 6.26 Å². The fraction of sp³-hybridized carbons (Fsp3) is 0.133. The van der Waals surface area contributed by atoms with Gasteiger partial charge in [0.1, 0.15) is 11.9 Å². The smallest absolute Gasteiger partial charge is 0.245 e. The van der Waals surface area contributed by atoms with Gasteiger partial charge in [-0.3, -0.25) is 0 Å². The number of hydrogen-bond acceptors (Lipinski definition) is 6. The van der Waals surface area contributed by atoms with Gasteiger partial charge in [0.2, 0.25) is 20.9 Å². The van der Waals surface area contributed by atoms with Crippen LogP contribution in [-0.4, -0.2) is 23.1 Å². The normalized spacial score (nSPS) is 12.4. The van der Waals surface area contributed by atoms with Gasteiger partial charge in [0.25, 0.3) is 0 Å². The van der Waals surface area contributed by atoms with Crippen molar-refractivity contribution in [2.45, 2.75) is 6.04 Å². The Bertz CT molecular complexity index is 1090. The lowest BCUT2D eigenvalue weighted by Gasteiger charge is -2.22. The summed E-state index contributed by atoms with van der Waals surface area (Å²) in [5, 5.41) is 12.2. The second-order valence-electron chi connectivity index (χ2n) is 5.28. The molecule has 1 atom stereocenters. The van der Waals surface area contributed by atoms with E-state index in [0.717, 1.165) is 6.07 Å². The van der Waals surface area contributed by atoms with Gasteiger partial charge < -0.3 is 5.32 Å². The Labute approximate surface area is 167 Å². The molecule has 1 N–H and O–H groups in total. The van der Waals surface area contributed by atoms with Crippen molar-refractivity contribution in [2.24, 2.45) is 0 Å². The Balaban J connectivity index is 2.59. The molecule has 0 aliphatic heterocycles. The number of thiol groups is 1. The van der Waals surface area contributed by atoms with Crippen LogP contribution in [-0.2, 0) is 20.9 Å². The molecule has 2 aromatic rings. The number of anilines is 2. The van der Waals surface area contributed by atoms with Crippen molar-refractivity contribution in [3.63, 3.8) is 0 Å². The molecule has 2 aromatic carbocycles. The van der Waals surface area contributed by atoms with E-state index < -0.39 is 32.8 Å². The molecule has 2 rings (SSSR count). The van der Waals surface area contributed by atoms with Crippen LogP contribution < -0.4 is 9.03 Å². The van der Waals surface area contributed by atoms with Crippen molar-refractivity contribution in [3.05, 3.63) is 57.8 Å². The summed E-state index contributed by atoms with van der Waals surface area (Å²) in [6, 6.07) is 8.04. The molecule has 12 heteroatoms. The Morgan fingerprint density at radius 1 is 1.22 bits per heavy atom. The van der Waals surface area contributed by atoms with Gasteiger partial charge in [-0.2, -0.15) is 8.97 Å². The van der Waals surface area contributed by atoms with Crippen molar-refractivity contribution in [3.8, 4) is 6.07 Å². The monoisotopic (exact) mass is 451 g/mol. The van der Waals surface area contributed by atoms with Gasteiger partial charge in [0, 0.05) is 16.3 Å². The molecule has 7 nitrogen and oxygen atoms in total. The molecule has 0 saturated carbocycles. The zero-order valence-electron chi connectivity index (χ0n) is 13.6. The molecule has 0 amide bonds. The fourth-order valence-corrected chi connectivity index (χ4v) is 4.46. The quantitative estimate of drug-likeness (QED) is 0.653. The number of nitrogens with one attached hydrogen (secondary N) is 1. The molecule has 0 radical (unpaired) electrons. The third-order valence-electron chi connectivity index (χ3n) is 3.33. The largest absolute Gasteiger partial charge is 0.366 e. The van der Waals surface area contributed by atoms with E-state index in [4.69, 9.17) is 23.2 Å². The molecule has 144 valence electrons. The van der Waals surface area contributed by atoms with Crippen molar-refractivity contribution in [1.82, 2.24) is 0 Å². The second-order valence-corrected chi connectivity index (χ2v) is 9.10. The average molecular weight is 452 g/mol. The van der Waals surface area contributed by atoms with Crippen molar-refractivity contribution >= 4 is 55.5 Å². The molecule has 0 heterocycles. The molecule has 1 unspecified atom stereocenters. The zero-order valence-corrected chi connectivity index (χ0v) is 16.8. The zero-order chi connectivity index (χ0) is 20.4. The van der Waals surface area contributed by atoms with Gasteiger partial charge in [-0.25, -0.2) is 21.2 Å². The van der Waals surface area contributed by atoms with Gasteiger partial charge in [0.05, 0.1) is 23.0 Å². The van der Waals surface area contributed by atoms with Crippen molar-refractivity contribution in [2.75, 3.05) is 15.3 Å². The number of nitriles is 1. The lowest BCUT2D eigenvalue weighted by molar-refractivity contribution is 0.596. The summed E-state index contributed by atoms with van der Waals surface area (Å²) in [7, 11) is -7.75. The summed E-state index contributed by atoms with van der Waals surface area (Å²) < 4.78 is 60.3. The lowest BCUT2D eigenvalue weighted by Crippen LogP contribution is -2.30. The molecule has 0 fully saturated rings. The minimum Gasteiger partial charge on any atom is -0.366 e. The third kappa shape index (κ3) is 5.01. The van der Waals surface area contributed by atoms with Crippen LogP contribution in [0.25, 0.3) is 0 Å². The average Bonchev–Trinajstić information content (AvgIpc) is 2.56. The van der Waals surface area contributed by atoms with E-state index in [1.807, 2.05) is 6.07 Å². The summed E-state index contributed by atoms with van der Waals surface area (Å²) in [5.74, 6) is -0.661. The summed E-state index contributed by atoms with van der Waals surface area (Å²) in [6.07, 6.45) is 0.713. The van der Waals surface area contributed by atoms with Gasteiger partial charge in [-0.1, -0.05) is 23.2 Å². The predicted octanol–water partition coefficient (Wildman–Crippen LogP) is 3.10. The van der Waals surface area contributed by atoms with Crippen LogP contribution >= 0.6 is 23.2 Å². The van der Waals surface area contributed by atoms with Crippen LogP contribution in [0.5, 0.6) is 0 Å². The molecular formula is C15H12Cl2FN3O4S2. The minimum atomic E-state index is -4.19. The maximum absolute atomic E-state index is 13.3. The molecule has 0 aliphatic rings. The third-order valence-corrected chi connectivity index (χ3v) is 6.48. The number of hydrogen-bond donors (Lipinski definition) is 2. The summed E-state index contributed by atoms with van der Waals surface area (Å²) in [4.78, 5) is 0. The van der Waals surface area contributed by atoms with Gasteiger partial charge in [-0.15, -0.1) is 0 Å². The topological polar surface area (TPSA) is 107 Å². The van der Waals surface area contributed by atoms with Crippen LogP contribution in [0.1, 0.15) is 11.6 Å². The van der Waals surface area contributed by atoms with Crippen LogP contribution in [0, 0.1) is 17.1 Å². The molecular weight excluding hydrogens is 440 g/mol. The van der Waals surface area contributed by atoms with Crippen LogP contribution in [0.3, 0.4) is 0 Å². The first-order chi connectivity index (χ1) is 12.5. The highest BCUT2D eigenvalue weighted by Crippen LogP contribution is 2.33. The summed E-state index contributed by atoms with van der Waals surface area (Å²) >= 11 is 11.6. The van der Waals surface area contributed by atoms with E-state index in [1.54, 1.807) is 0 Å². The van der Waals surface area contributed by atoms with Gasteiger partial charge >= 0.3 is 0 Å². The first-order valence-electron chi connectivity index (χ1n) is 7.10. The van der Waals surface area contributed by atoms with E-state index in [-0.39, 0.29) is 30.7 Å². The highest BCUT2D eigenvalue weighted by Gasteiger charge is 2.27. The first kappa shape index (κ1) is 21.2. The van der Waals surface area contributed by atoms with E-state index in [2.05, 4.69) is 5.32 Å². The highest BCUT2D eigenvalue weighted by molar-refractivity contribution is 8.03. The van der Waals surface area contributed by atoms with Gasteiger partial charge in [-0.05, 0) is 36.4 Å². The van der Waals surface area contributed by atoms with Crippen LogP contribution in [0.15, 0.2) is 36.4 Å². The number of rotatable bonds is 6. The van der Waals surface area contributed by atoms with E-state index >= 15 is 0 Å². The van der Waals surface area contributed by atoms with Crippen molar-refractivity contribution in [1.29, 1.82) is 5.26 Å². The summed E-state index contributed by atoms with van der Waals surface area (Å²) in [6.45, 7) is 0. The Morgan fingerprint density at radius 2 is 1.89 bits per heavy atom. The Kier molecular flexibility index (Phi) is 6.54. The standard InChI is InChI=1S/C15H12Cl2FN3O4S2/c1-27(24,25)21(26(22)23)15-5-2-9(16)6-11(15)14(8-19)20-10-3-4-13(18)12(17)7-10/h2-7,14,20,26H,1H3. The number of sulfonamides is 1. The van der Waals surface area contributed by atoms with E-state index in [1.165, 1.54) is 30.3 Å². The van der Waals surface area contributed by atoms with Crippen LogP contribution in [0.4, 0.5) is 15.8 Å². The van der Waals surface area contributed by atoms with E-state index in [9.17, 15) is 26.5 Å². The summed E-state index contributed by atoms with van der Waals surface area (Å²) in [5.41, 5.74) is -0.00312. The number of benzene rings is 2. The number of nitrogens with zero attached hydrogens (tertiary/aromatic N) is 2. The van der Waals surface area contributed by atoms with Crippen molar-refractivity contribution < 1.29 is 21.2 Å². The Morgan fingerprint density at radius 3 is 2.41 bits per heavy atom. The molecule has 0 aliphatic carbocycles. The molecule has 0 saturated heterocycles. The SMILES string of the molecule is CS(=O)(=O)N(c1ccc(Cl)cc1C(C#N)Nc1ccc(F)c(Cl)c1)[SH](=O)=O. The molecule has 0 spiro atoms. The maximum Gasteiger partial charge on any atom is 0.245 e. The Hall–Kier alpha value is -2.06. The lowest BCUT2D eigenvalue weighted by atomic mass is 10.1. The minimum absolute atomic E-state index is 0.00456. The van der Waals surface area contributed by atoms with Crippen LogP contribution in [0.2, 0.25) is 10.0 Å². The molecule has 0 bridgehead atoms. The maximum atomic E-state index is 13.3. The fourth-order valence-electron chi connectivity index (χ4n) is 2.25. The first-order valence-corrected chi connectivity index (χ1v) is 10.8. The molecule has 27 heavy (non-hydrogen) atoms.